The minimum Gasteiger partial charge on any atom is -0.465 e. The summed E-state index contributed by atoms with van der Waals surface area (Å²) in [4.78, 5) is 16.0. The van der Waals surface area contributed by atoms with E-state index in [4.69, 9.17) is 4.74 Å². The molecule has 32 heavy (non-hydrogen) atoms. The molecule has 0 aliphatic heterocycles. The van der Waals surface area contributed by atoms with Crippen LogP contribution in [0, 0.1) is 5.82 Å². The number of rotatable bonds is 5. The Balaban J connectivity index is 1.98. The number of aromatic nitrogens is 5. The zero-order chi connectivity index (χ0) is 23.1. The van der Waals surface area contributed by atoms with Crippen molar-refractivity contribution in [2.75, 3.05) is 12.9 Å². The van der Waals surface area contributed by atoms with Gasteiger partial charge in [-0.2, -0.15) is 13.2 Å². The molecule has 3 aromatic heterocycles. The summed E-state index contributed by atoms with van der Waals surface area (Å²) in [7, 11) is -3.75. The molecule has 3 heterocycles. The minimum absolute atomic E-state index is 0.0643. The number of sulfone groups is 1. The Kier molecular flexibility index (Phi) is 5.28. The molecule has 0 aliphatic carbocycles. The van der Waals surface area contributed by atoms with Gasteiger partial charge in [0.1, 0.15) is 5.82 Å². The lowest BCUT2D eigenvalue weighted by Crippen LogP contribution is -2.20. The smallest absolute Gasteiger partial charge is 0.422 e. The Morgan fingerprint density at radius 2 is 1.75 bits per heavy atom. The zero-order valence-corrected chi connectivity index (χ0v) is 17.0. The van der Waals surface area contributed by atoms with Crippen molar-refractivity contribution in [3.63, 3.8) is 0 Å². The molecule has 0 unspecified atom stereocenters. The molecule has 0 bridgehead atoms. The van der Waals surface area contributed by atoms with Crippen molar-refractivity contribution in [3.05, 3.63) is 54.7 Å². The fraction of sp³-hybridized carbons (Fsp3) is 0.158. The Morgan fingerprint density at radius 3 is 2.41 bits per heavy atom. The molecular weight excluding hydrogens is 454 g/mol. The lowest BCUT2D eigenvalue weighted by Gasteiger charge is -2.09. The van der Waals surface area contributed by atoms with Crippen LogP contribution in [0.1, 0.15) is 0 Å². The molecule has 0 atom stereocenters. The number of fused-ring (bicyclic) bond motifs is 1. The Labute approximate surface area is 178 Å². The molecule has 0 spiro atoms. The molecule has 1 aromatic carbocycles. The summed E-state index contributed by atoms with van der Waals surface area (Å²) < 4.78 is 81.4. The van der Waals surface area contributed by atoms with Crippen molar-refractivity contribution in [1.82, 2.24) is 24.3 Å². The number of halogens is 4. The van der Waals surface area contributed by atoms with Crippen LogP contribution in [-0.2, 0) is 9.84 Å². The fourth-order valence-electron chi connectivity index (χ4n) is 2.91. The number of hydrogen-bond acceptors (Lipinski definition) is 7. The molecule has 0 radical (unpaired) electrons. The van der Waals surface area contributed by atoms with Crippen LogP contribution < -0.4 is 4.74 Å². The average Bonchev–Trinajstić information content (AvgIpc) is 3.12. The van der Waals surface area contributed by atoms with Crippen molar-refractivity contribution in [1.29, 1.82) is 0 Å². The van der Waals surface area contributed by atoms with Gasteiger partial charge in [-0.3, -0.25) is 4.40 Å². The topological polar surface area (TPSA) is 99.3 Å². The lowest BCUT2D eigenvalue weighted by atomic mass is 10.1. The number of imidazole rings is 1. The molecule has 13 heteroatoms. The largest absolute Gasteiger partial charge is 0.465 e. The Morgan fingerprint density at radius 1 is 1.03 bits per heavy atom. The maximum atomic E-state index is 13.4. The zero-order valence-electron chi connectivity index (χ0n) is 16.2. The molecule has 0 amide bonds. The molecular formula is C19H13F4N5O3S. The highest BCUT2D eigenvalue weighted by Crippen LogP contribution is 2.34. The van der Waals surface area contributed by atoms with Crippen LogP contribution in [0.5, 0.6) is 5.88 Å². The highest BCUT2D eigenvalue weighted by atomic mass is 32.2. The van der Waals surface area contributed by atoms with Crippen molar-refractivity contribution in [2.24, 2.45) is 0 Å². The van der Waals surface area contributed by atoms with E-state index >= 15 is 0 Å². The number of alkyl halides is 3. The number of benzene rings is 1. The van der Waals surface area contributed by atoms with E-state index < -0.39 is 39.5 Å². The summed E-state index contributed by atoms with van der Waals surface area (Å²) in [6.45, 7) is -1.58. The van der Waals surface area contributed by atoms with E-state index in [1.807, 2.05) is 0 Å². The number of hydrogen-bond donors (Lipinski definition) is 0. The fourth-order valence-corrected chi connectivity index (χ4v) is 3.43. The molecule has 4 aromatic rings. The monoisotopic (exact) mass is 467 g/mol. The first-order valence-electron chi connectivity index (χ1n) is 8.89. The third-order valence-corrected chi connectivity index (χ3v) is 5.07. The van der Waals surface area contributed by atoms with Gasteiger partial charge in [0, 0.05) is 30.4 Å². The summed E-state index contributed by atoms with van der Waals surface area (Å²) in [5.74, 6) is -0.895. The van der Waals surface area contributed by atoms with Crippen molar-refractivity contribution in [2.45, 2.75) is 11.3 Å². The molecule has 0 fully saturated rings. The Bertz CT molecular complexity index is 1400. The molecule has 0 N–H and O–H groups in total. The van der Waals surface area contributed by atoms with Gasteiger partial charge in [0.15, 0.2) is 6.61 Å². The van der Waals surface area contributed by atoms with E-state index in [9.17, 15) is 26.0 Å². The van der Waals surface area contributed by atoms with Crippen LogP contribution in [0.2, 0.25) is 0 Å². The maximum absolute atomic E-state index is 13.4. The van der Waals surface area contributed by atoms with Gasteiger partial charge >= 0.3 is 6.18 Å². The van der Waals surface area contributed by atoms with Crippen LogP contribution in [0.25, 0.3) is 28.3 Å². The van der Waals surface area contributed by atoms with Gasteiger partial charge in [-0.25, -0.2) is 32.7 Å². The molecule has 0 aliphatic rings. The molecule has 8 nitrogen and oxygen atoms in total. The van der Waals surface area contributed by atoms with Crippen LogP contribution in [-0.4, -0.2) is 51.8 Å². The standard InChI is InChI=1S/C19H13F4N5O3S/c1-32(29,30)18-25-7-6-13(26-18)15-14(11-2-4-12(20)5-3-11)27-16-17(24-8-9-28(15)16)31-10-19(21,22)23/h2-9H,10H2,1H3. The van der Waals surface area contributed by atoms with Crippen molar-refractivity contribution in [3.8, 4) is 28.5 Å². The molecule has 166 valence electrons. The van der Waals surface area contributed by atoms with Gasteiger partial charge in [0.25, 0.3) is 5.88 Å². The van der Waals surface area contributed by atoms with E-state index in [2.05, 4.69) is 19.9 Å². The van der Waals surface area contributed by atoms with E-state index in [0.717, 1.165) is 6.26 Å². The first-order chi connectivity index (χ1) is 15.0. The first-order valence-corrected chi connectivity index (χ1v) is 10.8. The molecule has 4 rings (SSSR count). The van der Waals surface area contributed by atoms with E-state index in [1.54, 1.807) is 0 Å². The van der Waals surface area contributed by atoms with E-state index in [0.29, 0.717) is 5.56 Å². The van der Waals surface area contributed by atoms with Gasteiger partial charge in [-0.05, 0) is 30.3 Å². The lowest BCUT2D eigenvalue weighted by molar-refractivity contribution is -0.153. The maximum Gasteiger partial charge on any atom is 0.422 e. The average molecular weight is 467 g/mol. The summed E-state index contributed by atoms with van der Waals surface area (Å²) >= 11 is 0. The van der Waals surface area contributed by atoms with Gasteiger partial charge < -0.3 is 4.74 Å². The van der Waals surface area contributed by atoms with Crippen LogP contribution in [0.4, 0.5) is 17.6 Å². The Hall–Kier alpha value is -3.61. The predicted molar refractivity (Wildman–Crippen MR) is 104 cm³/mol. The second kappa shape index (κ2) is 7.82. The quantitative estimate of drug-likeness (QED) is 0.328. The predicted octanol–water partition coefficient (Wildman–Crippen LogP) is 3.34. The highest BCUT2D eigenvalue weighted by Gasteiger charge is 2.30. The van der Waals surface area contributed by atoms with Gasteiger partial charge in [0.2, 0.25) is 20.6 Å². The summed E-state index contributed by atoms with van der Waals surface area (Å²) in [5.41, 5.74) is 0.906. The second-order valence-corrected chi connectivity index (χ2v) is 8.55. The van der Waals surface area contributed by atoms with Crippen molar-refractivity contribution >= 4 is 15.5 Å². The van der Waals surface area contributed by atoms with Gasteiger partial charge in [0.05, 0.1) is 17.1 Å². The first kappa shape index (κ1) is 21.6. The van der Waals surface area contributed by atoms with E-state index in [1.165, 1.54) is 53.3 Å². The number of ether oxygens (including phenoxy) is 1. The minimum atomic E-state index is -4.60. The molecule has 0 saturated carbocycles. The van der Waals surface area contributed by atoms with Crippen molar-refractivity contribution < 1.29 is 30.7 Å². The van der Waals surface area contributed by atoms with Gasteiger partial charge in [-0.15, -0.1) is 0 Å². The van der Waals surface area contributed by atoms with Crippen LogP contribution >= 0.6 is 0 Å². The second-order valence-electron chi connectivity index (χ2n) is 6.64. The third kappa shape index (κ3) is 4.37. The number of nitrogens with zero attached hydrogens (tertiary/aromatic N) is 5. The third-order valence-electron chi connectivity index (χ3n) is 4.21. The molecule has 0 saturated heterocycles. The highest BCUT2D eigenvalue weighted by molar-refractivity contribution is 7.90. The summed E-state index contributed by atoms with van der Waals surface area (Å²) in [5, 5.41) is -0.447. The summed E-state index contributed by atoms with van der Waals surface area (Å²) in [6, 6.07) is 6.63. The SMILES string of the molecule is CS(=O)(=O)c1nccc(-c2c(-c3ccc(F)cc3)nc3c(OCC(F)(F)F)nccn23)n1. The van der Waals surface area contributed by atoms with Gasteiger partial charge in [-0.1, -0.05) is 0 Å². The normalized spacial score (nSPS) is 12.3. The van der Waals surface area contributed by atoms with Crippen LogP contribution in [0.15, 0.2) is 54.1 Å². The van der Waals surface area contributed by atoms with E-state index in [-0.39, 0.29) is 22.7 Å². The summed E-state index contributed by atoms with van der Waals surface area (Å²) in [6.07, 6.45) is 0.189. The van der Waals surface area contributed by atoms with Crippen LogP contribution in [0.3, 0.4) is 0 Å².